The largest absolute Gasteiger partial charge is 0.454 e. The monoisotopic (exact) mass is 318 g/mol. The van der Waals surface area contributed by atoms with Crippen molar-refractivity contribution in [2.75, 3.05) is 13.0 Å². The Bertz CT molecular complexity index is 742. The van der Waals surface area contributed by atoms with Crippen LogP contribution in [0.2, 0.25) is 0 Å². The highest BCUT2D eigenvalue weighted by Gasteiger charge is 2.16. The number of aromatic nitrogens is 2. The highest BCUT2D eigenvalue weighted by atomic mass is 32.2. The molecule has 1 aromatic heterocycles. The van der Waals surface area contributed by atoms with Gasteiger partial charge in [0, 0.05) is 12.6 Å². The molecule has 3 rings (SSSR count). The number of carbonyl (C=O) groups is 1. The van der Waals surface area contributed by atoms with Crippen LogP contribution in [0.5, 0.6) is 11.5 Å². The number of hydrazone groups is 1. The second-order valence-electron chi connectivity index (χ2n) is 4.47. The minimum absolute atomic E-state index is 0.193. The maximum Gasteiger partial charge on any atom is 0.289 e. The smallest absolute Gasteiger partial charge is 0.289 e. The molecule has 1 aliphatic rings. The van der Waals surface area contributed by atoms with Gasteiger partial charge in [0.2, 0.25) is 6.79 Å². The summed E-state index contributed by atoms with van der Waals surface area (Å²) in [5.74, 6) is 0.980. The Kier molecular flexibility index (Phi) is 4.01. The molecule has 1 aliphatic heterocycles. The van der Waals surface area contributed by atoms with Crippen molar-refractivity contribution < 1.29 is 14.3 Å². The minimum Gasteiger partial charge on any atom is -0.454 e. The van der Waals surface area contributed by atoms with Gasteiger partial charge in [-0.3, -0.25) is 4.79 Å². The van der Waals surface area contributed by atoms with Gasteiger partial charge in [0.05, 0.1) is 12.4 Å². The molecule has 2 aromatic rings. The van der Waals surface area contributed by atoms with Crippen LogP contribution in [0.3, 0.4) is 0 Å². The highest BCUT2D eigenvalue weighted by molar-refractivity contribution is 7.98. The quantitative estimate of drug-likeness (QED) is 0.527. The molecule has 1 aromatic carbocycles. The first-order chi connectivity index (χ1) is 10.7. The van der Waals surface area contributed by atoms with E-state index in [2.05, 4.69) is 15.5 Å². The molecule has 8 heteroatoms. The Hall–Kier alpha value is -2.48. The number of hydrogen-bond donors (Lipinski definition) is 1. The maximum atomic E-state index is 12.1. The summed E-state index contributed by atoms with van der Waals surface area (Å²) in [6, 6.07) is 5.49. The number of amides is 1. The topological polar surface area (TPSA) is 77.7 Å². The van der Waals surface area contributed by atoms with Crippen LogP contribution in [0, 0.1) is 0 Å². The van der Waals surface area contributed by atoms with Crippen molar-refractivity contribution in [3.63, 3.8) is 0 Å². The van der Waals surface area contributed by atoms with Crippen LogP contribution in [0.25, 0.3) is 0 Å². The number of thioether (sulfide) groups is 1. The van der Waals surface area contributed by atoms with Crippen LogP contribution in [-0.2, 0) is 7.05 Å². The summed E-state index contributed by atoms with van der Waals surface area (Å²) in [6.07, 6.45) is 4.95. The number of para-hydroxylation sites is 1. The molecule has 0 saturated heterocycles. The molecule has 2 heterocycles. The van der Waals surface area contributed by atoms with Gasteiger partial charge in [0.1, 0.15) is 5.69 Å². The van der Waals surface area contributed by atoms with Crippen molar-refractivity contribution in [1.82, 2.24) is 15.0 Å². The van der Waals surface area contributed by atoms with Crippen molar-refractivity contribution >= 4 is 23.9 Å². The zero-order valence-electron chi connectivity index (χ0n) is 12.1. The van der Waals surface area contributed by atoms with E-state index in [0.717, 1.165) is 10.7 Å². The lowest BCUT2D eigenvalue weighted by molar-refractivity contribution is 0.0946. The fraction of sp³-hybridized carbons (Fsp3) is 0.214. The van der Waals surface area contributed by atoms with E-state index in [1.54, 1.807) is 11.6 Å². The molecule has 0 fully saturated rings. The van der Waals surface area contributed by atoms with Gasteiger partial charge in [-0.15, -0.1) is 0 Å². The molecule has 7 nitrogen and oxygen atoms in total. The molecule has 0 atom stereocenters. The van der Waals surface area contributed by atoms with Crippen LogP contribution in [0.4, 0.5) is 0 Å². The van der Waals surface area contributed by atoms with Gasteiger partial charge in [0.25, 0.3) is 5.91 Å². The predicted octanol–water partition coefficient (Wildman–Crippen LogP) is 1.63. The Morgan fingerprint density at radius 1 is 1.50 bits per heavy atom. The van der Waals surface area contributed by atoms with Crippen LogP contribution >= 0.6 is 11.8 Å². The third-order valence-corrected chi connectivity index (χ3v) is 3.90. The number of ether oxygens (including phenoxy) is 2. The van der Waals surface area contributed by atoms with Crippen LogP contribution < -0.4 is 14.9 Å². The lowest BCUT2D eigenvalue weighted by Crippen LogP contribution is -2.20. The summed E-state index contributed by atoms with van der Waals surface area (Å²) in [5, 5.41) is 4.73. The number of nitrogens with one attached hydrogen (secondary N) is 1. The number of imidazole rings is 1. The minimum atomic E-state index is -0.323. The molecule has 0 saturated carbocycles. The van der Waals surface area contributed by atoms with Crippen molar-refractivity contribution in [2.24, 2.45) is 12.1 Å². The summed E-state index contributed by atoms with van der Waals surface area (Å²) in [5.41, 5.74) is 3.67. The number of rotatable bonds is 4. The van der Waals surface area contributed by atoms with E-state index in [1.165, 1.54) is 24.2 Å². The van der Waals surface area contributed by atoms with Gasteiger partial charge < -0.3 is 14.0 Å². The third-order valence-electron chi connectivity index (χ3n) is 3.16. The van der Waals surface area contributed by atoms with E-state index < -0.39 is 0 Å². The van der Waals surface area contributed by atoms with E-state index in [9.17, 15) is 4.79 Å². The first kappa shape index (κ1) is 14.5. The molecule has 0 radical (unpaired) electrons. The number of benzene rings is 1. The van der Waals surface area contributed by atoms with Crippen molar-refractivity contribution in [2.45, 2.75) is 5.16 Å². The fourth-order valence-corrected chi connectivity index (χ4v) is 2.60. The Balaban J connectivity index is 1.71. The number of hydrogen-bond acceptors (Lipinski definition) is 6. The first-order valence-corrected chi connectivity index (χ1v) is 7.71. The molecule has 1 amide bonds. The van der Waals surface area contributed by atoms with E-state index in [1.807, 2.05) is 24.5 Å². The van der Waals surface area contributed by atoms with Gasteiger partial charge in [-0.1, -0.05) is 17.8 Å². The summed E-state index contributed by atoms with van der Waals surface area (Å²) in [4.78, 5) is 16.2. The zero-order chi connectivity index (χ0) is 15.5. The number of fused-ring (bicyclic) bond motifs is 1. The average molecular weight is 318 g/mol. The van der Waals surface area contributed by atoms with E-state index >= 15 is 0 Å². The molecule has 0 aliphatic carbocycles. The first-order valence-electron chi connectivity index (χ1n) is 6.48. The Morgan fingerprint density at radius 3 is 3.14 bits per heavy atom. The second kappa shape index (κ2) is 6.10. The summed E-state index contributed by atoms with van der Waals surface area (Å²) < 4.78 is 12.4. The summed E-state index contributed by atoms with van der Waals surface area (Å²) in [6.45, 7) is 0.193. The van der Waals surface area contributed by atoms with Crippen LogP contribution in [0.15, 0.2) is 34.7 Å². The fourth-order valence-electron chi connectivity index (χ4n) is 2.07. The van der Waals surface area contributed by atoms with Gasteiger partial charge in [-0.2, -0.15) is 5.10 Å². The molecule has 114 valence electrons. The van der Waals surface area contributed by atoms with Crippen LogP contribution in [-0.4, -0.2) is 34.7 Å². The lowest BCUT2D eigenvalue weighted by atomic mass is 10.2. The average Bonchev–Trinajstić information content (AvgIpc) is 3.13. The highest BCUT2D eigenvalue weighted by Crippen LogP contribution is 2.34. The lowest BCUT2D eigenvalue weighted by Gasteiger charge is -2.03. The maximum absolute atomic E-state index is 12.1. The van der Waals surface area contributed by atoms with E-state index in [-0.39, 0.29) is 12.7 Å². The molecule has 0 bridgehead atoms. The molecular formula is C14H14N4O3S. The standard InChI is InChI=1S/C14H14N4O3S/c1-18-10(7-15-14(18)22-2)13(19)17-16-6-9-4-3-5-11-12(9)21-8-20-11/h3-7H,8H2,1-2H3,(H,17,19)/b16-6+. The molecule has 1 N–H and O–H groups in total. The molecule has 0 unspecified atom stereocenters. The van der Waals surface area contributed by atoms with Crippen molar-refractivity contribution in [3.05, 3.63) is 35.7 Å². The predicted molar refractivity (Wildman–Crippen MR) is 82.6 cm³/mol. The van der Waals surface area contributed by atoms with Crippen LogP contribution in [0.1, 0.15) is 16.1 Å². The second-order valence-corrected chi connectivity index (χ2v) is 5.24. The van der Waals surface area contributed by atoms with Crippen molar-refractivity contribution in [3.8, 4) is 11.5 Å². The third kappa shape index (κ3) is 2.64. The summed E-state index contributed by atoms with van der Waals surface area (Å²) in [7, 11) is 1.78. The van der Waals surface area contributed by atoms with E-state index in [4.69, 9.17) is 9.47 Å². The van der Waals surface area contributed by atoms with Gasteiger partial charge in [-0.25, -0.2) is 10.4 Å². The van der Waals surface area contributed by atoms with Crippen molar-refractivity contribution in [1.29, 1.82) is 0 Å². The molecule has 0 spiro atoms. The Morgan fingerprint density at radius 2 is 2.36 bits per heavy atom. The van der Waals surface area contributed by atoms with Gasteiger partial charge >= 0.3 is 0 Å². The Labute approximate surface area is 131 Å². The zero-order valence-corrected chi connectivity index (χ0v) is 12.9. The van der Waals surface area contributed by atoms with Gasteiger partial charge in [0.15, 0.2) is 16.7 Å². The molecule has 22 heavy (non-hydrogen) atoms. The van der Waals surface area contributed by atoms with Gasteiger partial charge in [-0.05, 0) is 18.4 Å². The normalized spacial score (nSPS) is 12.8. The molecular weight excluding hydrogens is 304 g/mol. The SMILES string of the molecule is CSc1ncc(C(=O)N/N=C/c2cccc3c2OCO3)n1C. The summed E-state index contributed by atoms with van der Waals surface area (Å²) >= 11 is 1.47. The number of carbonyl (C=O) groups excluding carboxylic acids is 1. The van der Waals surface area contributed by atoms with E-state index in [0.29, 0.717) is 17.2 Å². The number of nitrogens with zero attached hydrogens (tertiary/aromatic N) is 3.